The third kappa shape index (κ3) is 4.21. The Morgan fingerprint density at radius 1 is 0.542 bits per heavy atom. The van der Waals surface area contributed by atoms with Crippen LogP contribution in [0.25, 0.3) is 72.4 Å². The molecule has 2 heterocycles. The third-order valence-electron chi connectivity index (χ3n) is 9.66. The average molecular weight is 613 g/mol. The van der Waals surface area contributed by atoms with Gasteiger partial charge in [-0.2, -0.15) is 10.5 Å². The summed E-state index contributed by atoms with van der Waals surface area (Å²) in [6, 6.07) is 50.7. The Hall–Kier alpha value is -6.62. The second-order valence-electron chi connectivity index (χ2n) is 12.3. The highest BCUT2D eigenvalue weighted by atomic mass is 15.0. The summed E-state index contributed by atoms with van der Waals surface area (Å²) in [6.45, 7) is 0. The zero-order chi connectivity index (χ0) is 32.2. The highest BCUT2D eigenvalue weighted by Crippen LogP contribution is 2.39. The molecule has 0 unspecified atom stereocenters. The first-order valence-electron chi connectivity index (χ1n) is 16.2. The first-order chi connectivity index (χ1) is 23.7. The van der Waals surface area contributed by atoms with Crippen molar-refractivity contribution in [3.8, 4) is 45.8 Å². The number of rotatable bonds is 4. The minimum absolute atomic E-state index is 0.615. The maximum atomic E-state index is 10.5. The van der Waals surface area contributed by atoms with Crippen LogP contribution in [0.15, 0.2) is 140 Å². The summed E-state index contributed by atoms with van der Waals surface area (Å²) in [7, 11) is 0. The monoisotopic (exact) mass is 612 g/mol. The molecule has 224 valence electrons. The van der Waals surface area contributed by atoms with Crippen molar-refractivity contribution in [1.82, 2.24) is 9.13 Å². The van der Waals surface area contributed by atoms with E-state index in [9.17, 15) is 10.5 Å². The fraction of sp³-hybridized carbons (Fsp3) is 0.0455. The fourth-order valence-electron chi connectivity index (χ4n) is 7.55. The van der Waals surface area contributed by atoms with E-state index in [1.807, 2.05) is 18.2 Å². The van der Waals surface area contributed by atoms with Gasteiger partial charge in [-0.1, -0.05) is 97.1 Å². The molecule has 4 heteroatoms. The lowest BCUT2D eigenvalue weighted by atomic mass is 9.94. The molecule has 2 aromatic heterocycles. The van der Waals surface area contributed by atoms with Gasteiger partial charge in [0, 0.05) is 38.7 Å². The molecule has 48 heavy (non-hydrogen) atoms. The van der Waals surface area contributed by atoms with E-state index in [1.165, 1.54) is 27.4 Å². The van der Waals surface area contributed by atoms with E-state index in [1.54, 1.807) is 0 Å². The standard InChI is InChI=1S/C44H28N4/c45-27-29-20-22-35(44(24-29)48-42-18-7-3-14-38(42)39-15-4-8-19-43(39)48)31-11-9-10-30(25-31)34-23-21-33(26-32(34)28-46)47-40-16-5-1-12-36(40)37-13-2-6-17-41(37)47/h1-7,9-18,20-26H,8,19H2. The van der Waals surface area contributed by atoms with E-state index < -0.39 is 0 Å². The van der Waals surface area contributed by atoms with E-state index in [4.69, 9.17) is 0 Å². The lowest BCUT2D eigenvalue weighted by Gasteiger charge is -2.18. The molecule has 9 rings (SSSR count). The zero-order valence-electron chi connectivity index (χ0n) is 26.1. The van der Waals surface area contributed by atoms with Crippen molar-refractivity contribution in [1.29, 1.82) is 10.5 Å². The summed E-state index contributed by atoms with van der Waals surface area (Å²) in [6.07, 6.45) is 6.39. The van der Waals surface area contributed by atoms with Gasteiger partial charge in [0.05, 0.1) is 45.5 Å². The highest BCUT2D eigenvalue weighted by molar-refractivity contribution is 6.09. The fourth-order valence-corrected chi connectivity index (χ4v) is 7.55. The quantitative estimate of drug-likeness (QED) is 0.199. The number of allylic oxidation sites excluding steroid dienone is 1. The Labute approximate surface area is 278 Å². The van der Waals surface area contributed by atoms with Gasteiger partial charge in [0.25, 0.3) is 0 Å². The zero-order valence-corrected chi connectivity index (χ0v) is 26.1. The molecule has 0 N–H and O–H groups in total. The second kappa shape index (κ2) is 11.0. The lowest BCUT2D eigenvalue weighted by molar-refractivity contribution is 0.889. The number of hydrogen-bond acceptors (Lipinski definition) is 2. The molecule has 0 atom stereocenters. The SMILES string of the molecule is N#Cc1ccc(-c2cccc(-c3ccc(-n4c5ccccc5c5ccccc54)cc3C#N)c2)c(-n2c3c(c4ccccc42)C=CCC3)c1. The van der Waals surface area contributed by atoms with Gasteiger partial charge in [-0.25, -0.2) is 0 Å². The molecule has 0 aliphatic heterocycles. The predicted molar refractivity (Wildman–Crippen MR) is 195 cm³/mol. The maximum absolute atomic E-state index is 10.5. The Bertz CT molecular complexity index is 2650. The Morgan fingerprint density at radius 3 is 1.90 bits per heavy atom. The molecule has 0 amide bonds. The summed E-state index contributed by atoms with van der Waals surface area (Å²) in [5, 5.41) is 24.0. The second-order valence-corrected chi connectivity index (χ2v) is 12.3. The molecule has 1 aliphatic carbocycles. The maximum Gasteiger partial charge on any atom is 0.0998 e. The van der Waals surface area contributed by atoms with E-state index in [2.05, 4.69) is 149 Å². The van der Waals surface area contributed by atoms with Crippen LogP contribution >= 0.6 is 0 Å². The van der Waals surface area contributed by atoms with Crippen molar-refractivity contribution in [2.45, 2.75) is 12.8 Å². The number of nitriles is 2. The molecule has 6 aromatic carbocycles. The van der Waals surface area contributed by atoms with Crippen LogP contribution in [-0.2, 0) is 6.42 Å². The topological polar surface area (TPSA) is 57.4 Å². The van der Waals surface area contributed by atoms with Gasteiger partial charge in [0.2, 0.25) is 0 Å². The Balaban J connectivity index is 1.20. The van der Waals surface area contributed by atoms with Crippen LogP contribution in [0.2, 0.25) is 0 Å². The summed E-state index contributed by atoms with van der Waals surface area (Å²) < 4.78 is 4.59. The number of hydrogen-bond donors (Lipinski definition) is 0. The van der Waals surface area contributed by atoms with Gasteiger partial charge >= 0.3 is 0 Å². The first kappa shape index (κ1) is 27.7. The van der Waals surface area contributed by atoms with Gasteiger partial charge in [0.1, 0.15) is 0 Å². The largest absolute Gasteiger partial charge is 0.312 e. The van der Waals surface area contributed by atoms with Crippen molar-refractivity contribution >= 4 is 38.8 Å². The van der Waals surface area contributed by atoms with Crippen LogP contribution in [0.4, 0.5) is 0 Å². The summed E-state index contributed by atoms with van der Waals surface area (Å²) >= 11 is 0. The van der Waals surface area contributed by atoms with Gasteiger partial charge in [-0.3, -0.25) is 0 Å². The van der Waals surface area contributed by atoms with Crippen LogP contribution < -0.4 is 0 Å². The molecule has 0 radical (unpaired) electrons. The molecule has 1 aliphatic rings. The van der Waals surface area contributed by atoms with E-state index >= 15 is 0 Å². The van der Waals surface area contributed by atoms with E-state index in [0.29, 0.717) is 11.1 Å². The van der Waals surface area contributed by atoms with Crippen LogP contribution in [-0.4, -0.2) is 9.13 Å². The van der Waals surface area contributed by atoms with Gasteiger partial charge < -0.3 is 9.13 Å². The summed E-state index contributed by atoms with van der Waals surface area (Å²) in [5.41, 5.74) is 13.0. The molecule has 0 saturated heterocycles. The average Bonchev–Trinajstić information content (AvgIpc) is 3.67. The van der Waals surface area contributed by atoms with Gasteiger partial charge in [0.15, 0.2) is 0 Å². The van der Waals surface area contributed by atoms with Crippen molar-refractivity contribution < 1.29 is 0 Å². The van der Waals surface area contributed by atoms with Crippen LogP contribution in [0.3, 0.4) is 0 Å². The molecule has 0 spiro atoms. The lowest BCUT2D eigenvalue weighted by Crippen LogP contribution is -2.05. The van der Waals surface area contributed by atoms with Crippen molar-refractivity contribution in [2.75, 3.05) is 0 Å². The van der Waals surface area contributed by atoms with Crippen molar-refractivity contribution in [2.24, 2.45) is 0 Å². The van der Waals surface area contributed by atoms with Gasteiger partial charge in [-0.05, 0) is 78.1 Å². The Kier molecular flexibility index (Phi) is 6.35. The van der Waals surface area contributed by atoms with Gasteiger partial charge in [-0.15, -0.1) is 0 Å². The molecule has 4 nitrogen and oxygen atoms in total. The highest BCUT2D eigenvalue weighted by Gasteiger charge is 2.21. The summed E-state index contributed by atoms with van der Waals surface area (Å²) in [4.78, 5) is 0. The number of benzene rings is 6. The van der Waals surface area contributed by atoms with Crippen LogP contribution in [0.5, 0.6) is 0 Å². The molecule has 0 fully saturated rings. The number of nitrogens with zero attached hydrogens (tertiary/aromatic N) is 4. The van der Waals surface area contributed by atoms with Crippen LogP contribution in [0, 0.1) is 22.7 Å². The number of para-hydroxylation sites is 3. The van der Waals surface area contributed by atoms with Crippen molar-refractivity contribution in [3.05, 3.63) is 162 Å². The molecule has 0 bridgehead atoms. The summed E-state index contributed by atoms with van der Waals surface area (Å²) in [5.74, 6) is 0. The normalized spacial score (nSPS) is 12.3. The number of fused-ring (bicyclic) bond motifs is 6. The Morgan fingerprint density at radius 2 is 1.19 bits per heavy atom. The van der Waals surface area contributed by atoms with Crippen molar-refractivity contribution in [3.63, 3.8) is 0 Å². The molecule has 0 saturated carbocycles. The minimum Gasteiger partial charge on any atom is -0.312 e. The first-order valence-corrected chi connectivity index (χ1v) is 16.2. The van der Waals surface area contributed by atoms with E-state index in [-0.39, 0.29) is 0 Å². The smallest absolute Gasteiger partial charge is 0.0998 e. The molecular formula is C44H28N4. The minimum atomic E-state index is 0.615. The third-order valence-corrected chi connectivity index (χ3v) is 9.66. The number of aromatic nitrogens is 2. The van der Waals surface area contributed by atoms with E-state index in [0.717, 1.165) is 63.0 Å². The predicted octanol–water partition coefficient (Wildman–Crippen LogP) is 10.8. The molecular weight excluding hydrogens is 585 g/mol. The van der Waals surface area contributed by atoms with Crippen LogP contribution in [0.1, 0.15) is 28.8 Å². The molecule has 8 aromatic rings.